The van der Waals surface area contributed by atoms with E-state index in [4.69, 9.17) is 4.98 Å². The number of carbonyl (C=O) groups is 2. The average Bonchev–Trinajstić information content (AvgIpc) is 3.80. The fourth-order valence-corrected chi connectivity index (χ4v) is 6.07. The van der Waals surface area contributed by atoms with Crippen LogP contribution in [0.3, 0.4) is 0 Å². The van der Waals surface area contributed by atoms with E-state index in [2.05, 4.69) is 44.9 Å². The van der Waals surface area contributed by atoms with Gasteiger partial charge in [-0.2, -0.15) is 0 Å². The predicted molar refractivity (Wildman–Crippen MR) is 183 cm³/mol. The number of pyridine rings is 1. The van der Waals surface area contributed by atoms with Gasteiger partial charge in [-0.25, -0.2) is 14.8 Å². The molecule has 0 saturated heterocycles. The highest BCUT2D eigenvalue weighted by molar-refractivity contribution is 6.03. The van der Waals surface area contributed by atoms with E-state index in [9.17, 15) is 14.7 Å². The van der Waals surface area contributed by atoms with Crippen LogP contribution >= 0.6 is 0 Å². The van der Waals surface area contributed by atoms with Crippen molar-refractivity contribution < 1.29 is 14.7 Å². The topological polar surface area (TPSA) is 125 Å². The molecule has 0 spiro atoms. The van der Waals surface area contributed by atoms with Crippen molar-refractivity contribution in [2.45, 2.75) is 19.0 Å². The van der Waals surface area contributed by atoms with Crippen LogP contribution in [-0.4, -0.2) is 49.6 Å². The minimum absolute atomic E-state index is 0.0746. The molecule has 3 aromatic heterocycles. The lowest BCUT2D eigenvalue weighted by atomic mass is 9.97. The van der Waals surface area contributed by atoms with Crippen molar-refractivity contribution in [1.29, 1.82) is 0 Å². The number of aromatic carboxylic acids is 1. The highest BCUT2D eigenvalue weighted by Gasteiger charge is 2.20. The molecule has 7 aromatic rings. The summed E-state index contributed by atoms with van der Waals surface area (Å²) < 4.78 is 1.97. The molecule has 232 valence electrons. The molecule has 0 unspecified atom stereocenters. The Bertz CT molecular complexity index is 2220. The van der Waals surface area contributed by atoms with E-state index < -0.39 is 12.0 Å². The van der Waals surface area contributed by atoms with Crippen molar-refractivity contribution in [3.63, 3.8) is 0 Å². The molecule has 0 aliphatic heterocycles. The van der Waals surface area contributed by atoms with Crippen LogP contribution in [0.2, 0.25) is 0 Å². The molecular formula is C38H32N6O3. The molecule has 4 aromatic carbocycles. The molecule has 9 heteroatoms. The molecule has 0 aliphatic rings. The number of H-pyrrole nitrogens is 1. The lowest BCUT2D eigenvalue weighted by molar-refractivity contribution is -0.122. The Morgan fingerprint density at radius 3 is 2.45 bits per heavy atom. The number of carboxylic acids is 1. The first-order valence-electron chi connectivity index (χ1n) is 15.3. The van der Waals surface area contributed by atoms with Gasteiger partial charge in [0.15, 0.2) is 0 Å². The maximum absolute atomic E-state index is 12.9. The molecule has 1 amide bonds. The van der Waals surface area contributed by atoms with Gasteiger partial charge in [0.05, 0.1) is 34.8 Å². The van der Waals surface area contributed by atoms with Gasteiger partial charge < -0.3 is 25.3 Å². The zero-order chi connectivity index (χ0) is 32.3. The van der Waals surface area contributed by atoms with Gasteiger partial charge in [0.2, 0.25) is 5.91 Å². The Balaban J connectivity index is 1.19. The lowest BCUT2D eigenvalue weighted by Crippen LogP contribution is -2.44. The molecule has 0 aliphatic carbocycles. The fraction of sp³-hybridized carbons (Fsp3) is 0.105. The van der Waals surface area contributed by atoms with Gasteiger partial charge in [-0.05, 0) is 53.4 Å². The Labute approximate surface area is 270 Å². The number of nitrogens with zero attached hydrogens (tertiary/aromatic N) is 3. The van der Waals surface area contributed by atoms with Gasteiger partial charge in [0, 0.05) is 59.6 Å². The summed E-state index contributed by atoms with van der Waals surface area (Å²) in [6.45, 7) is 0.481. The summed E-state index contributed by atoms with van der Waals surface area (Å²) in [6, 6.07) is 30.8. The van der Waals surface area contributed by atoms with E-state index >= 15 is 0 Å². The molecule has 47 heavy (non-hydrogen) atoms. The maximum Gasteiger partial charge on any atom is 0.336 e. The van der Waals surface area contributed by atoms with Crippen molar-refractivity contribution in [1.82, 2.24) is 30.2 Å². The van der Waals surface area contributed by atoms with Gasteiger partial charge >= 0.3 is 5.97 Å². The van der Waals surface area contributed by atoms with Crippen molar-refractivity contribution in [2.75, 3.05) is 7.05 Å². The van der Waals surface area contributed by atoms with Crippen LogP contribution in [0.4, 0.5) is 0 Å². The van der Waals surface area contributed by atoms with Crippen LogP contribution in [0.1, 0.15) is 21.5 Å². The smallest absolute Gasteiger partial charge is 0.336 e. The highest BCUT2D eigenvalue weighted by atomic mass is 16.4. The van der Waals surface area contributed by atoms with Crippen LogP contribution in [0.25, 0.3) is 49.9 Å². The third kappa shape index (κ3) is 5.99. The van der Waals surface area contributed by atoms with E-state index in [1.165, 1.54) is 0 Å². The normalized spacial score (nSPS) is 11.9. The summed E-state index contributed by atoms with van der Waals surface area (Å²) in [5.74, 6) is -1.06. The molecule has 7 rings (SSSR count). The molecule has 0 bridgehead atoms. The Morgan fingerprint density at radius 2 is 1.68 bits per heavy atom. The molecule has 3 heterocycles. The number of rotatable bonds is 10. The highest BCUT2D eigenvalue weighted by Crippen LogP contribution is 2.31. The largest absolute Gasteiger partial charge is 0.478 e. The first-order valence-corrected chi connectivity index (χ1v) is 15.3. The zero-order valence-electron chi connectivity index (χ0n) is 25.6. The van der Waals surface area contributed by atoms with Crippen LogP contribution in [-0.2, 0) is 17.8 Å². The first kappa shape index (κ1) is 29.6. The summed E-state index contributed by atoms with van der Waals surface area (Å²) in [5.41, 5.74) is 8.31. The van der Waals surface area contributed by atoms with Crippen molar-refractivity contribution >= 4 is 33.7 Å². The Morgan fingerprint density at radius 1 is 0.915 bits per heavy atom. The van der Waals surface area contributed by atoms with Crippen LogP contribution < -0.4 is 10.6 Å². The number of likely N-dealkylation sites (N-methyl/N-ethyl adjacent to an activating group) is 1. The average molecular weight is 621 g/mol. The number of aromatic amines is 1. The summed E-state index contributed by atoms with van der Waals surface area (Å²) in [7, 11) is 1.66. The van der Waals surface area contributed by atoms with Crippen molar-refractivity contribution in [2.24, 2.45) is 0 Å². The second kappa shape index (κ2) is 12.7. The van der Waals surface area contributed by atoms with Gasteiger partial charge in [-0.3, -0.25) is 4.79 Å². The van der Waals surface area contributed by atoms with Gasteiger partial charge in [-0.1, -0.05) is 66.7 Å². The van der Waals surface area contributed by atoms with Crippen molar-refractivity contribution in [3.05, 3.63) is 139 Å². The van der Waals surface area contributed by atoms with E-state index in [-0.39, 0.29) is 11.5 Å². The Hall–Kier alpha value is -6.06. The van der Waals surface area contributed by atoms with E-state index in [1.54, 1.807) is 31.7 Å². The minimum atomic E-state index is -0.989. The quantitative estimate of drug-likeness (QED) is 0.141. The summed E-state index contributed by atoms with van der Waals surface area (Å²) in [4.78, 5) is 37.3. The number of hydrogen-bond donors (Lipinski definition) is 4. The third-order valence-corrected chi connectivity index (χ3v) is 8.50. The number of fused-ring (bicyclic) bond motifs is 2. The summed E-state index contributed by atoms with van der Waals surface area (Å²) >= 11 is 0. The SMILES string of the molecule is CNC(=O)[C@@H](Cc1c[nH]c2ccccc12)NCc1ccc(-n2ccnc2)c(-c2ccc(-c3cc(C(=O)O)c4ccccc4n3)cc2)c1. The molecule has 0 saturated carbocycles. The molecule has 0 radical (unpaired) electrons. The predicted octanol–water partition coefficient (Wildman–Crippen LogP) is 6.38. The number of para-hydroxylation sites is 2. The number of aromatic nitrogens is 4. The number of nitrogens with one attached hydrogen (secondary N) is 3. The number of carboxylic acid groups (broad SMARTS) is 1. The second-order valence-corrected chi connectivity index (χ2v) is 11.4. The summed E-state index contributed by atoms with van der Waals surface area (Å²) in [5, 5.41) is 17.9. The van der Waals surface area contributed by atoms with E-state index in [0.29, 0.717) is 29.6 Å². The minimum Gasteiger partial charge on any atom is -0.478 e. The Kier molecular flexibility index (Phi) is 8.04. The molecule has 4 N–H and O–H groups in total. The number of carbonyl (C=O) groups excluding carboxylic acids is 1. The molecular weight excluding hydrogens is 588 g/mol. The molecule has 0 fully saturated rings. The van der Waals surface area contributed by atoms with Crippen molar-refractivity contribution in [3.8, 4) is 28.1 Å². The van der Waals surface area contributed by atoms with Crippen LogP contribution in [0, 0.1) is 0 Å². The number of hydrogen-bond acceptors (Lipinski definition) is 5. The number of benzene rings is 4. The third-order valence-electron chi connectivity index (χ3n) is 8.50. The summed E-state index contributed by atoms with van der Waals surface area (Å²) in [6.07, 6.45) is 7.92. The van der Waals surface area contributed by atoms with Gasteiger partial charge in [0.1, 0.15) is 0 Å². The monoisotopic (exact) mass is 620 g/mol. The lowest BCUT2D eigenvalue weighted by Gasteiger charge is -2.19. The van der Waals surface area contributed by atoms with E-state index in [0.717, 1.165) is 44.4 Å². The van der Waals surface area contributed by atoms with Gasteiger partial charge in [-0.15, -0.1) is 0 Å². The zero-order valence-corrected chi connectivity index (χ0v) is 25.6. The maximum atomic E-state index is 12.9. The molecule has 1 atom stereocenters. The molecule has 9 nitrogen and oxygen atoms in total. The second-order valence-electron chi connectivity index (χ2n) is 11.4. The fourth-order valence-electron chi connectivity index (χ4n) is 6.07. The van der Waals surface area contributed by atoms with Gasteiger partial charge in [0.25, 0.3) is 0 Å². The standard InChI is InChI=1S/C38H32N6O3/c1-39-37(45)35(19-27-22-42-32-8-4-2-6-28(27)32)41-21-24-10-15-36(44-17-16-40-23-44)30(18-24)25-11-13-26(14-12-25)34-20-31(38(46)47)29-7-3-5-9-33(29)43-34/h2-18,20,22-23,35,41-42H,19,21H2,1H3,(H,39,45)(H,46,47)/t35-/m1/s1. The number of imidazole rings is 1. The van der Waals surface area contributed by atoms with Crippen LogP contribution in [0.15, 0.2) is 122 Å². The van der Waals surface area contributed by atoms with E-state index in [1.807, 2.05) is 77.6 Å². The first-order chi connectivity index (χ1) is 23.0. The number of amides is 1. The van der Waals surface area contributed by atoms with Crippen LogP contribution in [0.5, 0.6) is 0 Å².